The van der Waals surface area contributed by atoms with E-state index in [1.807, 2.05) is 0 Å². The van der Waals surface area contributed by atoms with E-state index in [1.165, 1.54) is 18.2 Å². The van der Waals surface area contributed by atoms with Crippen LogP contribution in [-0.2, 0) is 0 Å². The van der Waals surface area contributed by atoms with Crippen LogP contribution in [0.5, 0.6) is 5.75 Å². The molecule has 0 spiro atoms. The van der Waals surface area contributed by atoms with Gasteiger partial charge in [0, 0.05) is 12.3 Å². The summed E-state index contributed by atoms with van der Waals surface area (Å²) in [5, 5.41) is 0. The molecule has 0 atom stereocenters. The van der Waals surface area contributed by atoms with E-state index in [9.17, 15) is 13.2 Å². The maximum absolute atomic E-state index is 12.0. The number of fused-ring (bicyclic) bond motifs is 1. The molecule has 3 nitrogen and oxygen atoms in total. The van der Waals surface area contributed by atoms with E-state index in [4.69, 9.17) is 0 Å². The highest BCUT2D eigenvalue weighted by molar-refractivity contribution is 5.75. The number of hydrogen-bond acceptors (Lipinski definition) is 3. The van der Waals surface area contributed by atoms with Crippen LogP contribution < -0.4 is 4.74 Å². The lowest BCUT2D eigenvalue weighted by Crippen LogP contribution is -2.17. The van der Waals surface area contributed by atoms with E-state index in [0.29, 0.717) is 16.7 Å². The van der Waals surface area contributed by atoms with Crippen molar-refractivity contribution in [1.82, 2.24) is 9.97 Å². The number of alkyl halides is 3. The fourth-order valence-corrected chi connectivity index (χ4v) is 1.28. The van der Waals surface area contributed by atoms with Crippen molar-refractivity contribution in [2.24, 2.45) is 0 Å². The Morgan fingerprint density at radius 3 is 2.62 bits per heavy atom. The van der Waals surface area contributed by atoms with Crippen LogP contribution in [0.2, 0.25) is 0 Å². The second-order valence-electron chi connectivity index (χ2n) is 3.21. The molecule has 0 saturated heterocycles. The second kappa shape index (κ2) is 3.62. The van der Waals surface area contributed by atoms with E-state index >= 15 is 0 Å². The Hall–Kier alpha value is -1.85. The summed E-state index contributed by atoms with van der Waals surface area (Å²) in [6.07, 6.45) is -3.14. The third-order valence-electron chi connectivity index (χ3n) is 1.87. The molecule has 0 aliphatic rings. The average Bonchev–Trinajstić information content (AvgIpc) is 2.14. The summed E-state index contributed by atoms with van der Waals surface area (Å²) in [5.41, 5.74) is 1.54. The molecular formula is C10H7F3N2O. The molecule has 0 fully saturated rings. The summed E-state index contributed by atoms with van der Waals surface area (Å²) in [7, 11) is 0. The van der Waals surface area contributed by atoms with Gasteiger partial charge in [-0.25, -0.2) is 4.98 Å². The molecule has 0 unspecified atom stereocenters. The van der Waals surface area contributed by atoms with Crippen molar-refractivity contribution in [3.63, 3.8) is 0 Å². The molecule has 1 aromatic carbocycles. The summed E-state index contributed by atoms with van der Waals surface area (Å²) in [6.45, 7) is 1.71. The smallest absolute Gasteiger partial charge is 0.406 e. The van der Waals surface area contributed by atoms with Gasteiger partial charge in [-0.2, -0.15) is 0 Å². The predicted octanol–water partition coefficient (Wildman–Crippen LogP) is 2.84. The topological polar surface area (TPSA) is 35.0 Å². The third kappa shape index (κ3) is 2.39. The van der Waals surface area contributed by atoms with Gasteiger partial charge in [-0.15, -0.1) is 13.2 Å². The standard InChI is InChI=1S/C10H7F3N2O/c1-6-5-14-8-3-2-7(4-9(8)15-6)16-10(11,12)13/h2-5H,1H3. The molecule has 84 valence electrons. The quantitative estimate of drug-likeness (QED) is 0.752. The van der Waals surface area contributed by atoms with E-state index < -0.39 is 6.36 Å². The number of nitrogens with zero attached hydrogens (tertiary/aromatic N) is 2. The van der Waals surface area contributed by atoms with Gasteiger partial charge in [0.2, 0.25) is 0 Å². The first kappa shape index (κ1) is 10.7. The molecule has 2 aromatic rings. The van der Waals surface area contributed by atoms with Crippen molar-refractivity contribution >= 4 is 11.0 Å². The van der Waals surface area contributed by atoms with Gasteiger partial charge in [-0.1, -0.05) is 0 Å². The molecule has 16 heavy (non-hydrogen) atoms. The lowest BCUT2D eigenvalue weighted by molar-refractivity contribution is -0.274. The molecule has 0 aliphatic carbocycles. The Labute approximate surface area is 88.9 Å². The molecule has 0 amide bonds. The lowest BCUT2D eigenvalue weighted by Gasteiger charge is -2.08. The normalized spacial score (nSPS) is 11.8. The van der Waals surface area contributed by atoms with Crippen LogP contribution in [0.4, 0.5) is 13.2 Å². The number of hydrogen-bond donors (Lipinski definition) is 0. The highest BCUT2D eigenvalue weighted by Crippen LogP contribution is 2.24. The van der Waals surface area contributed by atoms with Crippen LogP contribution >= 0.6 is 0 Å². The molecule has 1 aromatic heterocycles. The number of halogens is 3. The van der Waals surface area contributed by atoms with E-state index in [2.05, 4.69) is 14.7 Å². The fourth-order valence-electron chi connectivity index (χ4n) is 1.28. The Kier molecular flexibility index (Phi) is 2.41. The first-order valence-corrected chi connectivity index (χ1v) is 4.43. The Morgan fingerprint density at radius 1 is 1.19 bits per heavy atom. The molecule has 2 rings (SSSR count). The first-order valence-electron chi connectivity index (χ1n) is 4.43. The van der Waals surface area contributed by atoms with Gasteiger partial charge in [0.25, 0.3) is 0 Å². The molecular weight excluding hydrogens is 221 g/mol. The van der Waals surface area contributed by atoms with Crippen LogP contribution in [0.3, 0.4) is 0 Å². The number of aromatic nitrogens is 2. The zero-order chi connectivity index (χ0) is 11.8. The minimum Gasteiger partial charge on any atom is -0.406 e. The zero-order valence-electron chi connectivity index (χ0n) is 8.25. The Bertz CT molecular complexity index is 525. The van der Waals surface area contributed by atoms with Gasteiger partial charge in [0.15, 0.2) is 0 Å². The largest absolute Gasteiger partial charge is 0.573 e. The monoisotopic (exact) mass is 228 g/mol. The van der Waals surface area contributed by atoms with Crippen molar-refractivity contribution in [2.75, 3.05) is 0 Å². The van der Waals surface area contributed by atoms with Gasteiger partial charge >= 0.3 is 6.36 Å². The van der Waals surface area contributed by atoms with Gasteiger partial charge in [0.1, 0.15) is 5.75 Å². The Morgan fingerprint density at radius 2 is 1.94 bits per heavy atom. The minimum absolute atomic E-state index is 0.292. The molecule has 0 aliphatic heterocycles. The van der Waals surface area contributed by atoms with E-state index in [0.717, 1.165) is 0 Å². The van der Waals surface area contributed by atoms with Crippen molar-refractivity contribution in [1.29, 1.82) is 0 Å². The predicted molar refractivity (Wildman–Crippen MR) is 51.0 cm³/mol. The van der Waals surface area contributed by atoms with Gasteiger partial charge < -0.3 is 4.74 Å². The van der Waals surface area contributed by atoms with Crippen molar-refractivity contribution in [2.45, 2.75) is 13.3 Å². The van der Waals surface area contributed by atoms with Crippen LogP contribution in [-0.4, -0.2) is 16.3 Å². The lowest BCUT2D eigenvalue weighted by atomic mass is 10.3. The summed E-state index contributed by atoms with van der Waals surface area (Å²) >= 11 is 0. The summed E-state index contributed by atoms with van der Waals surface area (Å²) in [5.74, 6) is -0.292. The first-order chi connectivity index (χ1) is 7.44. The highest BCUT2D eigenvalue weighted by Gasteiger charge is 2.31. The van der Waals surface area contributed by atoms with Gasteiger partial charge in [-0.05, 0) is 19.1 Å². The average molecular weight is 228 g/mol. The molecule has 0 N–H and O–H groups in total. The maximum atomic E-state index is 12.0. The number of rotatable bonds is 1. The van der Waals surface area contributed by atoms with Crippen LogP contribution in [0.15, 0.2) is 24.4 Å². The SMILES string of the molecule is Cc1cnc2ccc(OC(F)(F)F)cc2n1. The van der Waals surface area contributed by atoms with Crippen molar-refractivity contribution < 1.29 is 17.9 Å². The highest BCUT2D eigenvalue weighted by atomic mass is 19.4. The summed E-state index contributed by atoms with van der Waals surface area (Å²) in [4.78, 5) is 8.08. The molecule has 0 bridgehead atoms. The van der Waals surface area contributed by atoms with Crippen LogP contribution in [0.25, 0.3) is 11.0 Å². The summed E-state index contributed by atoms with van der Waals surface area (Å²) < 4.78 is 39.7. The minimum atomic E-state index is -4.69. The number of benzene rings is 1. The molecule has 6 heteroatoms. The molecule has 0 saturated carbocycles. The third-order valence-corrected chi connectivity index (χ3v) is 1.87. The molecule has 1 heterocycles. The van der Waals surface area contributed by atoms with Crippen LogP contribution in [0, 0.1) is 6.92 Å². The zero-order valence-corrected chi connectivity index (χ0v) is 8.25. The maximum Gasteiger partial charge on any atom is 0.573 e. The van der Waals surface area contributed by atoms with Crippen molar-refractivity contribution in [3.8, 4) is 5.75 Å². The van der Waals surface area contributed by atoms with Crippen molar-refractivity contribution in [3.05, 3.63) is 30.1 Å². The number of ether oxygens (including phenoxy) is 1. The van der Waals surface area contributed by atoms with E-state index in [1.54, 1.807) is 13.1 Å². The molecule has 0 radical (unpaired) electrons. The van der Waals surface area contributed by atoms with Gasteiger partial charge in [0.05, 0.1) is 16.7 Å². The second-order valence-corrected chi connectivity index (χ2v) is 3.21. The van der Waals surface area contributed by atoms with Crippen LogP contribution in [0.1, 0.15) is 5.69 Å². The summed E-state index contributed by atoms with van der Waals surface area (Å²) in [6, 6.07) is 3.85. The Balaban J connectivity index is 2.43. The fraction of sp³-hybridized carbons (Fsp3) is 0.200. The van der Waals surface area contributed by atoms with E-state index in [-0.39, 0.29) is 5.75 Å². The number of aryl methyl sites for hydroxylation is 1. The van der Waals surface area contributed by atoms with Gasteiger partial charge in [-0.3, -0.25) is 4.98 Å².